The predicted octanol–water partition coefficient (Wildman–Crippen LogP) is 2.69. The zero-order chi connectivity index (χ0) is 15.5. The summed E-state index contributed by atoms with van der Waals surface area (Å²) in [5.74, 6) is 1.13. The zero-order valence-corrected chi connectivity index (χ0v) is 13.6. The maximum atomic E-state index is 12.6. The third kappa shape index (κ3) is 3.98. The molecular weight excluding hydrogens is 286 g/mol. The highest BCUT2D eigenvalue weighted by molar-refractivity contribution is 7.92. The quantitative estimate of drug-likeness (QED) is 0.907. The second-order valence-corrected chi connectivity index (χ2v) is 8.40. The fraction of sp³-hybridized carbons (Fsp3) is 0.625. The molecule has 2 rings (SSSR count). The second kappa shape index (κ2) is 6.79. The summed E-state index contributed by atoms with van der Waals surface area (Å²) in [5.41, 5.74) is 6.90. The molecule has 21 heavy (non-hydrogen) atoms. The van der Waals surface area contributed by atoms with E-state index in [2.05, 4.69) is 6.92 Å². The molecule has 3 atom stereocenters. The van der Waals surface area contributed by atoms with E-state index in [4.69, 9.17) is 10.5 Å². The molecule has 1 aromatic rings. The van der Waals surface area contributed by atoms with E-state index in [1.165, 1.54) is 0 Å². The second-order valence-electron chi connectivity index (χ2n) is 6.07. The van der Waals surface area contributed by atoms with Gasteiger partial charge in [-0.05, 0) is 24.8 Å². The van der Waals surface area contributed by atoms with Crippen LogP contribution in [-0.4, -0.2) is 26.5 Å². The number of nitrogens with two attached hydrogens (primary N) is 1. The molecule has 1 fully saturated rings. The van der Waals surface area contributed by atoms with E-state index in [1.807, 2.05) is 24.3 Å². The lowest BCUT2D eigenvalue weighted by Gasteiger charge is -2.27. The molecule has 0 aromatic heterocycles. The number of hydrogen-bond donors (Lipinski definition) is 1. The Morgan fingerprint density at radius 1 is 1.33 bits per heavy atom. The summed E-state index contributed by atoms with van der Waals surface area (Å²) in [5, 5.41) is -0.234. The molecule has 0 aliphatic heterocycles. The molecule has 5 heteroatoms. The number of hydrogen-bond acceptors (Lipinski definition) is 4. The Labute approximate surface area is 127 Å². The maximum absolute atomic E-state index is 12.6. The van der Waals surface area contributed by atoms with Crippen molar-refractivity contribution in [2.45, 2.75) is 43.9 Å². The van der Waals surface area contributed by atoms with Crippen LogP contribution in [0.4, 0.5) is 0 Å². The van der Waals surface area contributed by atoms with Gasteiger partial charge in [0.1, 0.15) is 5.75 Å². The minimum Gasteiger partial charge on any atom is -0.496 e. The summed E-state index contributed by atoms with van der Waals surface area (Å²) < 4.78 is 30.5. The van der Waals surface area contributed by atoms with E-state index in [1.54, 1.807) is 7.11 Å². The van der Waals surface area contributed by atoms with Gasteiger partial charge in [-0.25, -0.2) is 8.42 Å². The molecule has 118 valence electrons. The molecule has 0 radical (unpaired) electrons. The maximum Gasteiger partial charge on any atom is 0.155 e. The Bertz CT molecular complexity index is 571. The number of rotatable bonds is 5. The van der Waals surface area contributed by atoms with Gasteiger partial charge < -0.3 is 10.5 Å². The van der Waals surface area contributed by atoms with Crippen molar-refractivity contribution >= 4 is 9.84 Å². The summed E-state index contributed by atoms with van der Waals surface area (Å²) in [4.78, 5) is 0. The lowest BCUT2D eigenvalue weighted by Crippen LogP contribution is -2.33. The first-order valence-electron chi connectivity index (χ1n) is 7.54. The van der Waals surface area contributed by atoms with Crippen molar-refractivity contribution in [3.05, 3.63) is 29.8 Å². The zero-order valence-electron chi connectivity index (χ0n) is 12.8. The molecule has 2 N–H and O–H groups in total. The average molecular weight is 311 g/mol. The minimum absolute atomic E-state index is 0.00917. The number of sulfone groups is 1. The summed E-state index contributed by atoms with van der Waals surface area (Å²) >= 11 is 0. The van der Waals surface area contributed by atoms with Crippen LogP contribution in [0, 0.1) is 5.92 Å². The van der Waals surface area contributed by atoms with E-state index in [0.29, 0.717) is 11.7 Å². The van der Waals surface area contributed by atoms with Crippen molar-refractivity contribution < 1.29 is 13.2 Å². The topological polar surface area (TPSA) is 69.4 Å². The van der Waals surface area contributed by atoms with E-state index in [9.17, 15) is 8.42 Å². The van der Waals surface area contributed by atoms with Gasteiger partial charge >= 0.3 is 0 Å². The third-order valence-corrected chi connectivity index (χ3v) is 6.61. The van der Waals surface area contributed by atoms with Gasteiger partial charge in [0.15, 0.2) is 9.84 Å². The van der Waals surface area contributed by atoms with Crippen LogP contribution in [0.3, 0.4) is 0 Å². The van der Waals surface area contributed by atoms with Gasteiger partial charge in [-0.3, -0.25) is 0 Å². The van der Waals surface area contributed by atoms with E-state index in [0.717, 1.165) is 31.2 Å². The molecule has 0 saturated heterocycles. The number of para-hydroxylation sites is 1. The number of ether oxygens (including phenoxy) is 1. The van der Waals surface area contributed by atoms with Crippen LogP contribution in [-0.2, 0) is 9.84 Å². The van der Waals surface area contributed by atoms with Gasteiger partial charge in [-0.2, -0.15) is 0 Å². The van der Waals surface area contributed by atoms with Crippen LogP contribution in [0.25, 0.3) is 0 Å². The third-order valence-electron chi connectivity index (χ3n) is 4.35. The van der Waals surface area contributed by atoms with Gasteiger partial charge in [0, 0.05) is 11.6 Å². The monoisotopic (exact) mass is 311 g/mol. The van der Waals surface area contributed by atoms with Gasteiger partial charge in [0.25, 0.3) is 0 Å². The largest absolute Gasteiger partial charge is 0.496 e. The molecule has 1 saturated carbocycles. The fourth-order valence-electron chi connectivity index (χ4n) is 3.15. The van der Waals surface area contributed by atoms with Crippen molar-refractivity contribution in [1.82, 2.24) is 0 Å². The van der Waals surface area contributed by atoms with Crippen molar-refractivity contribution in [2.75, 3.05) is 12.9 Å². The van der Waals surface area contributed by atoms with Crippen LogP contribution in [0.15, 0.2) is 24.3 Å². The number of methoxy groups -OCH3 is 1. The molecule has 4 nitrogen and oxygen atoms in total. The molecular formula is C16H25NO3S. The standard InChI is InChI=1S/C16H25NO3S/c1-12-6-5-7-13(10-12)21(18,19)11-15(17)14-8-3-4-9-16(14)20-2/h3-4,8-9,12-13,15H,5-7,10-11,17H2,1-2H3. The highest BCUT2D eigenvalue weighted by Gasteiger charge is 2.32. The van der Waals surface area contributed by atoms with Crippen molar-refractivity contribution in [2.24, 2.45) is 11.7 Å². The summed E-state index contributed by atoms with van der Waals surface area (Å²) in [6.45, 7) is 2.13. The Kier molecular flexibility index (Phi) is 5.27. The van der Waals surface area contributed by atoms with Crippen LogP contribution in [0.1, 0.15) is 44.2 Å². The van der Waals surface area contributed by atoms with Gasteiger partial charge in [0.2, 0.25) is 0 Å². The molecule has 0 spiro atoms. The van der Waals surface area contributed by atoms with E-state index >= 15 is 0 Å². The Balaban J connectivity index is 2.12. The normalized spacial score (nSPS) is 24.5. The smallest absolute Gasteiger partial charge is 0.155 e. The van der Waals surface area contributed by atoms with Gasteiger partial charge in [-0.1, -0.05) is 38.0 Å². The summed E-state index contributed by atoms with van der Waals surface area (Å²) in [7, 11) is -1.60. The minimum atomic E-state index is -3.17. The highest BCUT2D eigenvalue weighted by atomic mass is 32.2. The molecule has 0 bridgehead atoms. The van der Waals surface area contributed by atoms with Gasteiger partial charge in [-0.15, -0.1) is 0 Å². The van der Waals surface area contributed by atoms with Gasteiger partial charge in [0.05, 0.1) is 18.1 Å². The van der Waals surface area contributed by atoms with Crippen molar-refractivity contribution in [1.29, 1.82) is 0 Å². The van der Waals surface area contributed by atoms with Crippen LogP contribution < -0.4 is 10.5 Å². The molecule has 1 aromatic carbocycles. The highest BCUT2D eigenvalue weighted by Crippen LogP contribution is 2.31. The first-order valence-corrected chi connectivity index (χ1v) is 9.25. The van der Waals surface area contributed by atoms with E-state index < -0.39 is 15.9 Å². The first-order chi connectivity index (χ1) is 9.94. The van der Waals surface area contributed by atoms with Crippen LogP contribution in [0.5, 0.6) is 5.75 Å². The lowest BCUT2D eigenvalue weighted by molar-refractivity contribution is 0.381. The SMILES string of the molecule is COc1ccccc1C(N)CS(=O)(=O)C1CCCC(C)C1. The van der Waals surface area contributed by atoms with Crippen molar-refractivity contribution in [3.63, 3.8) is 0 Å². The molecule has 1 aliphatic carbocycles. The van der Waals surface area contributed by atoms with Crippen LogP contribution >= 0.6 is 0 Å². The molecule has 1 aliphatic rings. The Hall–Kier alpha value is -1.07. The Morgan fingerprint density at radius 2 is 2.05 bits per heavy atom. The van der Waals surface area contributed by atoms with Crippen LogP contribution in [0.2, 0.25) is 0 Å². The fourth-order valence-corrected chi connectivity index (χ4v) is 5.25. The number of benzene rings is 1. The summed E-state index contributed by atoms with van der Waals surface area (Å²) in [6.07, 6.45) is 3.66. The van der Waals surface area contributed by atoms with E-state index in [-0.39, 0.29) is 11.0 Å². The molecule has 0 amide bonds. The Morgan fingerprint density at radius 3 is 2.71 bits per heavy atom. The van der Waals surface area contributed by atoms with Crippen molar-refractivity contribution in [3.8, 4) is 5.75 Å². The molecule has 0 heterocycles. The molecule has 3 unspecified atom stereocenters. The lowest BCUT2D eigenvalue weighted by atomic mass is 9.91. The average Bonchev–Trinajstić information content (AvgIpc) is 2.46. The first kappa shape index (κ1) is 16.3. The predicted molar refractivity (Wildman–Crippen MR) is 85.1 cm³/mol. The summed E-state index contributed by atoms with van der Waals surface area (Å²) in [6, 6.07) is 6.82.